The van der Waals surface area contributed by atoms with E-state index in [0.717, 1.165) is 45.1 Å². The average Bonchev–Trinajstić information content (AvgIpc) is 2.40. The van der Waals surface area contributed by atoms with Crippen LogP contribution in [0.4, 0.5) is 0 Å². The maximum Gasteiger partial charge on any atom is 0.306 e. The fraction of sp³-hybridized carbons (Fsp3) is 0.857. The zero-order valence-corrected chi connectivity index (χ0v) is 11.6. The summed E-state index contributed by atoms with van der Waals surface area (Å²) in [6, 6.07) is 0.0166. The third-order valence-electron chi connectivity index (χ3n) is 4.48. The molecule has 0 aromatic rings. The van der Waals surface area contributed by atoms with Crippen LogP contribution >= 0.6 is 0 Å². The van der Waals surface area contributed by atoms with E-state index in [-0.39, 0.29) is 17.9 Å². The molecule has 1 heterocycles. The number of carbonyl (C=O) groups excluding carboxylic acids is 1. The highest BCUT2D eigenvalue weighted by Crippen LogP contribution is 2.26. The molecule has 0 aromatic heterocycles. The number of carbonyl (C=O) groups is 2. The van der Waals surface area contributed by atoms with Gasteiger partial charge in [-0.15, -0.1) is 0 Å². The lowest BCUT2D eigenvalue weighted by Crippen LogP contribution is -2.59. The van der Waals surface area contributed by atoms with Crippen LogP contribution in [0.1, 0.15) is 51.9 Å². The van der Waals surface area contributed by atoms with Crippen molar-refractivity contribution < 1.29 is 14.7 Å². The number of aliphatic carboxylic acids is 1. The van der Waals surface area contributed by atoms with Gasteiger partial charge in [-0.05, 0) is 52.0 Å². The SMILES string of the molecule is CC1(C(=O)NC2CCCC(C(=O)O)C2)CCCCN1. The molecule has 108 valence electrons. The second-order valence-corrected chi connectivity index (χ2v) is 6.09. The van der Waals surface area contributed by atoms with Crippen LogP contribution in [0.5, 0.6) is 0 Å². The van der Waals surface area contributed by atoms with E-state index in [2.05, 4.69) is 10.6 Å². The lowest BCUT2D eigenvalue weighted by molar-refractivity contribution is -0.143. The second kappa shape index (κ2) is 5.90. The molecule has 0 spiro atoms. The normalized spacial score (nSPS) is 35.6. The van der Waals surface area contributed by atoms with Crippen molar-refractivity contribution >= 4 is 11.9 Å². The monoisotopic (exact) mass is 268 g/mol. The minimum atomic E-state index is -0.735. The molecule has 3 N–H and O–H groups in total. The first-order chi connectivity index (χ1) is 9.01. The van der Waals surface area contributed by atoms with Gasteiger partial charge < -0.3 is 15.7 Å². The van der Waals surface area contributed by atoms with Crippen LogP contribution in [0.3, 0.4) is 0 Å². The third kappa shape index (κ3) is 3.47. The smallest absolute Gasteiger partial charge is 0.306 e. The van der Waals surface area contributed by atoms with Crippen LogP contribution < -0.4 is 10.6 Å². The fourth-order valence-electron chi connectivity index (χ4n) is 3.14. The van der Waals surface area contributed by atoms with Gasteiger partial charge in [0.25, 0.3) is 0 Å². The molecular formula is C14H24N2O3. The van der Waals surface area contributed by atoms with Gasteiger partial charge >= 0.3 is 5.97 Å². The summed E-state index contributed by atoms with van der Waals surface area (Å²) < 4.78 is 0. The van der Waals surface area contributed by atoms with Gasteiger partial charge in [0, 0.05) is 6.04 Å². The summed E-state index contributed by atoms with van der Waals surface area (Å²) in [4.78, 5) is 23.4. The van der Waals surface area contributed by atoms with Crippen molar-refractivity contribution in [3.8, 4) is 0 Å². The average molecular weight is 268 g/mol. The Bertz CT molecular complexity index is 351. The van der Waals surface area contributed by atoms with Gasteiger partial charge in [-0.2, -0.15) is 0 Å². The molecule has 0 bridgehead atoms. The summed E-state index contributed by atoms with van der Waals surface area (Å²) in [5.41, 5.74) is -0.478. The van der Waals surface area contributed by atoms with E-state index in [1.807, 2.05) is 6.92 Å². The van der Waals surface area contributed by atoms with Gasteiger partial charge in [-0.25, -0.2) is 0 Å². The van der Waals surface area contributed by atoms with E-state index in [1.165, 1.54) is 0 Å². The first-order valence-electron chi connectivity index (χ1n) is 7.30. The van der Waals surface area contributed by atoms with Gasteiger partial charge in [0.2, 0.25) is 5.91 Å². The Morgan fingerprint density at radius 2 is 2.05 bits per heavy atom. The minimum absolute atomic E-state index is 0.0166. The maximum atomic E-state index is 12.3. The number of hydrogen-bond donors (Lipinski definition) is 3. The number of hydrogen-bond acceptors (Lipinski definition) is 3. The molecule has 1 aliphatic heterocycles. The second-order valence-electron chi connectivity index (χ2n) is 6.09. The third-order valence-corrected chi connectivity index (χ3v) is 4.48. The molecule has 3 unspecified atom stereocenters. The molecule has 5 heteroatoms. The molecule has 1 saturated carbocycles. The first kappa shape index (κ1) is 14.3. The first-order valence-corrected chi connectivity index (χ1v) is 7.30. The zero-order valence-electron chi connectivity index (χ0n) is 11.6. The highest BCUT2D eigenvalue weighted by Gasteiger charge is 2.36. The van der Waals surface area contributed by atoms with Crippen molar-refractivity contribution in [1.82, 2.24) is 10.6 Å². The number of carboxylic acid groups (broad SMARTS) is 1. The molecule has 1 aliphatic carbocycles. The highest BCUT2D eigenvalue weighted by molar-refractivity contribution is 5.86. The van der Waals surface area contributed by atoms with E-state index >= 15 is 0 Å². The van der Waals surface area contributed by atoms with Crippen molar-refractivity contribution in [2.75, 3.05) is 6.54 Å². The molecule has 3 atom stereocenters. The predicted molar refractivity (Wildman–Crippen MR) is 71.8 cm³/mol. The van der Waals surface area contributed by atoms with E-state index in [4.69, 9.17) is 5.11 Å². The predicted octanol–water partition coefficient (Wildman–Crippen LogP) is 1.28. The largest absolute Gasteiger partial charge is 0.481 e. The lowest BCUT2D eigenvalue weighted by atomic mass is 9.84. The molecule has 2 fully saturated rings. The number of carboxylic acids is 1. The Balaban J connectivity index is 1.89. The molecule has 2 aliphatic rings. The lowest BCUT2D eigenvalue weighted by Gasteiger charge is -2.36. The summed E-state index contributed by atoms with van der Waals surface area (Å²) in [6.07, 6.45) is 6.12. The van der Waals surface area contributed by atoms with Gasteiger partial charge in [0.05, 0.1) is 11.5 Å². The molecular weight excluding hydrogens is 244 g/mol. The number of amides is 1. The standard InChI is InChI=1S/C14H24N2O3/c1-14(7-2-3-8-15-14)13(19)16-11-6-4-5-10(9-11)12(17)18/h10-11,15H,2-9H2,1H3,(H,16,19)(H,17,18). The minimum Gasteiger partial charge on any atom is -0.481 e. The van der Waals surface area contributed by atoms with Gasteiger partial charge in [-0.3, -0.25) is 9.59 Å². The van der Waals surface area contributed by atoms with E-state index in [1.54, 1.807) is 0 Å². The van der Waals surface area contributed by atoms with E-state index in [9.17, 15) is 9.59 Å². The van der Waals surface area contributed by atoms with Gasteiger partial charge in [-0.1, -0.05) is 6.42 Å². The summed E-state index contributed by atoms with van der Waals surface area (Å²) in [6.45, 7) is 2.82. The van der Waals surface area contributed by atoms with Gasteiger partial charge in [0.1, 0.15) is 0 Å². The summed E-state index contributed by atoms with van der Waals surface area (Å²) in [5, 5.41) is 15.4. The zero-order chi connectivity index (χ0) is 13.9. The molecule has 0 radical (unpaired) electrons. The molecule has 1 amide bonds. The number of nitrogens with one attached hydrogen (secondary N) is 2. The van der Waals surface area contributed by atoms with Crippen molar-refractivity contribution in [3.05, 3.63) is 0 Å². The van der Waals surface area contributed by atoms with E-state index < -0.39 is 11.5 Å². The van der Waals surface area contributed by atoms with Crippen LogP contribution in [-0.2, 0) is 9.59 Å². The fourth-order valence-corrected chi connectivity index (χ4v) is 3.14. The van der Waals surface area contributed by atoms with Crippen molar-refractivity contribution in [3.63, 3.8) is 0 Å². The summed E-state index contributed by atoms with van der Waals surface area (Å²) in [5.74, 6) is -1.00. The Morgan fingerprint density at radius 3 is 2.68 bits per heavy atom. The van der Waals surface area contributed by atoms with Crippen molar-refractivity contribution in [2.24, 2.45) is 5.92 Å². The number of piperidine rings is 1. The van der Waals surface area contributed by atoms with Crippen LogP contribution in [0.2, 0.25) is 0 Å². The molecule has 0 aromatic carbocycles. The van der Waals surface area contributed by atoms with Crippen LogP contribution in [0.25, 0.3) is 0 Å². The highest BCUT2D eigenvalue weighted by atomic mass is 16.4. The molecule has 19 heavy (non-hydrogen) atoms. The number of rotatable bonds is 3. The summed E-state index contributed by atoms with van der Waals surface area (Å²) in [7, 11) is 0. The molecule has 5 nitrogen and oxygen atoms in total. The Hall–Kier alpha value is -1.10. The van der Waals surface area contributed by atoms with Crippen LogP contribution in [0, 0.1) is 5.92 Å². The topological polar surface area (TPSA) is 78.4 Å². The van der Waals surface area contributed by atoms with Crippen LogP contribution in [-0.4, -0.2) is 35.1 Å². The Kier molecular flexibility index (Phi) is 4.45. The van der Waals surface area contributed by atoms with E-state index in [0.29, 0.717) is 6.42 Å². The van der Waals surface area contributed by atoms with Gasteiger partial charge in [0.15, 0.2) is 0 Å². The van der Waals surface area contributed by atoms with Crippen LogP contribution in [0.15, 0.2) is 0 Å². The quantitative estimate of drug-likeness (QED) is 0.720. The maximum absolute atomic E-state index is 12.3. The molecule has 1 saturated heterocycles. The Morgan fingerprint density at radius 1 is 1.26 bits per heavy atom. The van der Waals surface area contributed by atoms with Crippen molar-refractivity contribution in [2.45, 2.75) is 63.5 Å². The Labute approximate surface area is 114 Å². The molecule has 2 rings (SSSR count). The van der Waals surface area contributed by atoms with Crippen molar-refractivity contribution in [1.29, 1.82) is 0 Å². The summed E-state index contributed by atoms with van der Waals surface area (Å²) >= 11 is 0.